The number of rotatable bonds is 4. The highest BCUT2D eigenvalue weighted by Gasteiger charge is 2.48. The number of aryl methyl sites for hydroxylation is 1. The molecule has 6 rings (SSSR count). The third-order valence-corrected chi connectivity index (χ3v) is 8.08. The zero-order valence-corrected chi connectivity index (χ0v) is 22.8. The van der Waals surface area contributed by atoms with Gasteiger partial charge in [-0.1, -0.05) is 0 Å². The molecule has 10 nitrogen and oxygen atoms in total. The summed E-state index contributed by atoms with van der Waals surface area (Å²) in [4.78, 5) is 55.3. The third kappa shape index (κ3) is 3.94. The molecule has 0 spiro atoms. The lowest BCUT2D eigenvalue weighted by Gasteiger charge is -2.13. The van der Waals surface area contributed by atoms with Gasteiger partial charge in [0, 0.05) is 33.8 Å². The summed E-state index contributed by atoms with van der Waals surface area (Å²) in [6.45, 7) is 7.30. The molecule has 1 aromatic heterocycles. The number of fused-ring (bicyclic) bond motifs is 5. The van der Waals surface area contributed by atoms with Gasteiger partial charge in [-0.2, -0.15) is 0 Å². The highest BCUT2D eigenvalue weighted by atomic mass is 16.4. The summed E-state index contributed by atoms with van der Waals surface area (Å²) < 4.78 is 0. The van der Waals surface area contributed by atoms with Crippen molar-refractivity contribution < 1.29 is 29.7 Å². The molecule has 41 heavy (non-hydrogen) atoms. The molecule has 0 aromatic carbocycles. The normalized spacial score (nSPS) is 22.3. The van der Waals surface area contributed by atoms with Gasteiger partial charge in [0.1, 0.15) is 5.92 Å². The van der Waals surface area contributed by atoms with Crippen LogP contribution in [0.25, 0.3) is 12.2 Å². The highest BCUT2D eigenvalue weighted by Crippen LogP contribution is 2.45. The van der Waals surface area contributed by atoms with E-state index in [-0.39, 0.29) is 35.4 Å². The highest BCUT2D eigenvalue weighted by molar-refractivity contribution is 6.35. The number of H-pyrrole nitrogens is 1. The summed E-state index contributed by atoms with van der Waals surface area (Å²) in [6.07, 6.45) is 6.27. The van der Waals surface area contributed by atoms with E-state index in [4.69, 9.17) is 15.0 Å². The van der Waals surface area contributed by atoms with E-state index in [0.29, 0.717) is 50.7 Å². The van der Waals surface area contributed by atoms with Gasteiger partial charge < -0.3 is 20.3 Å². The largest absolute Gasteiger partial charge is 0.515 e. The number of aromatic amines is 1. The molecule has 5 heterocycles. The number of carboxylic acid groups (broad SMARTS) is 2. The van der Waals surface area contributed by atoms with Gasteiger partial charge in [0.2, 0.25) is 0 Å². The number of carboxylic acids is 2. The minimum atomic E-state index is -1.51. The number of aliphatic hydroxyl groups excluding tert-OH is 1. The quantitative estimate of drug-likeness (QED) is 0.332. The van der Waals surface area contributed by atoms with Crippen molar-refractivity contribution >= 4 is 47.0 Å². The lowest BCUT2D eigenvalue weighted by Crippen LogP contribution is -2.26. The van der Waals surface area contributed by atoms with Crippen LogP contribution in [-0.2, 0) is 14.4 Å². The van der Waals surface area contributed by atoms with Crippen molar-refractivity contribution in [2.45, 2.75) is 40.5 Å². The van der Waals surface area contributed by atoms with E-state index in [0.717, 1.165) is 22.5 Å². The summed E-state index contributed by atoms with van der Waals surface area (Å²) >= 11 is 0. The number of hydrogen-bond donors (Lipinski definition) is 4. The number of aromatic nitrogens is 1. The maximum absolute atomic E-state index is 13.6. The molecule has 1 atom stereocenters. The number of nitrogens with one attached hydrogen (secondary N) is 1. The number of Topliss-reactive ketones (excluding diaryl/α,β-unsaturated/α-hetero) is 1. The Bertz CT molecular complexity index is 1950. The number of aliphatic carboxylic acids is 2. The fourth-order valence-electron chi connectivity index (χ4n) is 5.86. The third-order valence-electron chi connectivity index (χ3n) is 8.08. The van der Waals surface area contributed by atoms with Crippen molar-refractivity contribution in [3.63, 3.8) is 0 Å². The van der Waals surface area contributed by atoms with E-state index in [1.807, 2.05) is 26.0 Å². The molecule has 0 amide bonds. The second-order valence-electron chi connectivity index (χ2n) is 10.5. The Kier molecular flexibility index (Phi) is 5.88. The number of ketones is 1. The van der Waals surface area contributed by atoms with Gasteiger partial charge in [0.05, 0.1) is 40.5 Å². The fraction of sp³-hybridized carbons (Fsp3) is 0.226. The molecule has 4 aliphatic heterocycles. The molecule has 1 aromatic rings. The standard InChI is InChI=1S/C31H26N4O6/c1-12-7-16-8-20-15(4)25-29(35-20)26(27(30(25)39)31(40)41)28-17(5-6-24(37)38)13(2)22(34-28)10-21-14(3)18(11-36)23(33-21)9-19(12)32-16/h7-11,27,32,36H,5-6H2,1-4H3,(H,37,38)(H,40,41)/b16-8?,18-11+,19-9?,22-10?/t27-/m0/s1. The van der Waals surface area contributed by atoms with Crippen LogP contribution in [0.2, 0.25) is 0 Å². The van der Waals surface area contributed by atoms with Crippen molar-refractivity contribution in [1.29, 1.82) is 0 Å². The van der Waals surface area contributed by atoms with Crippen molar-refractivity contribution in [3.8, 4) is 0 Å². The van der Waals surface area contributed by atoms with Crippen molar-refractivity contribution in [3.05, 3.63) is 90.8 Å². The maximum Gasteiger partial charge on any atom is 0.319 e. The van der Waals surface area contributed by atoms with Crippen LogP contribution in [0.15, 0.2) is 89.5 Å². The Morgan fingerprint density at radius 2 is 1.73 bits per heavy atom. The van der Waals surface area contributed by atoms with Crippen molar-refractivity contribution in [2.24, 2.45) is 20.9 Å². The smallest absolute Gasteiger partial charge is 0.319 e. The molecule has 0 saturated heterocycles. The zero-order valence-electron chi connectivity index (χ0n) is 22.8. The monoisotopic (exact) mass is 550 g/mol. The molecule has 5 aliphatic rings. The number of carbonyl (C=O) groups excluding carboxylic acids is 1. The van der Waals surface area contributed by atoms with E-state index in [1.165, 1.54) is 0 Å². The van der Waals surface area contributed by atoms with Crippen LogP contribution < -0.4 is 10.7 Å². The van der Waals surface area contributed by atoms with E-state index >= 15 is 0 Å². The van der Waals surface area contributed by atoms with Crippen LogP contribution in [-0.4, -0.2) is 55.2 Å². The Labute approximate surface area is 234 Å². The van der Waals surface area contributed by atoms with E-state index in [9.17, 15) is 29.7 Å². The summed E-state index contributed by atoms with van der Waals surface area (Å²) in [6, 6.07) is 1.93. The van der Waals surface area contributed by atoms with E-state index in [1.54, 1.807) is 26.0 Å². The van der Waals surface area contributed by atoms with Gasteiger partial charge in [0.25, 0.3) is 0 Å². The molecule has 0 saturated carbocycles. The SMILES string of the molecule is CC1=C(CCC(=O)O)C2=NC1=CC1=C(C)/C(=C\O)C(=N1)C=c1[nH]c(cc1C)=CC1=NC3=C2[C@H](C(=O)O)C(=O)C3=C1C. The first kappa shape index (κ1) is 26.1. The maximum atomic E-state index is 13.6. The van der Waals surface area contributed by atoms with Gasteiger partial charge >= 0.3 is 11.9 Å². The van der Waals surface area contributed by atoms with Gasteiger partial charge in [0.15, 0.2) is 5.78 Å². The molecule has 206 valence electrons. The molecular weight excluding hydrogens is 524 g/mol. The van der Waals surface area contributed by atoms with Crippen LogP contribution in [0, 0.1) is 12.8 Å². The molecular formula is C31H26N4O6. The van der Waals surface area contributed by atoms with Crippen LogP contribution in [0.5, 0.6) is 0 Å². The Morgan fingerprint density at radius 1 is 0.976 bits per heavy atom. The predicted octanol–water partition coefficient (Wildman–Crippen LogP) is 2.90. The molecule has 8 bridgehead atoms. The van der Waals surface area contributed by atoms with Crippen molar-refractivity contribution in [1.82, 2.24) is 4.98 Å². The Balaban J connectivity index is 1.71. The topological polar surface area (TPSA) is 165 Å². The minimum Gasteiger partial charge on any atom is -0.515 e. The van der Waals surface area contributed by atoms with Crippen molar-refractivity contribution in [2.75, 3.05) is 0 Å². The molecule has 10 heteroatoms. The Hall–Kier alpha value is -5.12. The number of aliphatic hydroxyl groups is 1. The molecule has 0 fully saturated rings. The molecule has 0 radical (unpaired) electrons. The number of aliphatic imine (C=N–C) groups is 3. The van der Waals surface area contributed by atoms with Gasteiger partial charge in [-0.3, -0.25) is 14.4 Å². The predicted molar refractivity (Wildman–Crippen MR) is 153 cm³/mol. The summed E-state index contributed by atoms with van der Waals surface area (Å²) in [7, 11) is 0. The van der Waals surface area contributed by atoms with Gasteiger partial charge in [-0.05, 0) is 86.3 Å². The lowest BCUT2D eigenvalue weighted by atomic mass is 9.89. The van der Waals surface area contributed by atoms with Crippen LogP contribution >= 0.6 is 0 Å². The number of hydrogen-bond acceptors (Lipinski definition) is 7. The number of carbonyl (C=O) groups is 3. The van der Waals surface area contributed by atoms with E-state index < -0.39 is 23.6 Å². The second-order valence-corrected chi connectivity index (χ2v) is 10.5. The Morgan fingerprint density at radius 3 is 2.41 bits per heavy atom. The van der Waals surface area contributed by atoms with Gasteiger partial charge in [-0.25, -0.2) is 15.0 Å². The molecule has 1 aliphatic carbocycles. The summed E-state index contributed by atoms with van der Waals surface area (Å²) in [5.41, 5.74) is 6.96. The zero-order chi connectivity index (χ0) is 29.3. The van der Waals surface area contributed by atoms with Crippen LogP contribution in [0.1, 0.15) is 39.2 Å². The van der Waals surface area contributed by atoms with Crippen LogP contribution in [0.3, 0.4) is 0 Å². The number of allylic oxidation sites excluding steroid dienone is 7. The van der Waals surface area contributed by atoms with E-state index in [2.05, 4.69) is 4.98 Å². The van der Waals surface area contributed by atoms with Crippen LogP contribution in [0.4, 0.5) is 0 Å². The van der Waals surface area contributed by atoms with Gasteiger partial charge in [-0.15, -0.1) is 0 Å². The summed E-state index contributed by atoms with van der Waals surface area (Å²) in [5, 5.41) is 31.2. The second kappa shape index (κ2) is 9.22. The molecule has 0 unspecified atom stereocenters. The first-order chi connectivity index (χ1) is 19.5. The first-order valence-corrected chi connectivity index (χ1v) is 13.1. The minimum absolute atomic E-state index is 0.0851. The fourth-order valence-corrected chi connectivity index (χ4v) is 5.86. The average Bonchev–Trinajstić information content (AvgIpc) is 3.65. The first-order valence-electron chi connectivity index (χ1n) is 13.1. The summed E-state index contributed by atoms with van der Waals surface area (Å²) in [5.74, 6) is -4.42. The lowest BCUT2D eigenvalue weighted by molar-refractivity contribution is -0.143. The molecule has 4 N–H and O–H groups in total. The average molecular weight is 551 g/mol. The number of nitrogens with zero attached hydrogens (tertiary/aromatic N) is 3.